The molecule has 1 aromatic carbocycles. The Morgan fingerprint density at radius 1 is 1.28 bits per heavy atom. The predicted molar refractivity (Wildman–Crippen MR) is 96.7 cm³/mol. The van der Waals surface area contributed by atoms with Gasteiger partial charge in [-0.25, -0.2) is 9.67 Å². The molecule has 0 fully saturated rings. The van der Waals surface area contributed by atoms with Crippen LogP contribution in [0.25, 0.3) is 11.2 Å². The number of benzene rings is 1. The van der Waals surface area contributed by atoms with Gasteiger partial charge in [0.1, 0.15) is 5.52 Å². The highest BCUT2D eigenvalue weighted by atomic mass is 16.2. The van der Waals surface area contributed by atoms with Crippen LogP contribution in [0.15, 0.2) is 36.5 Å². The summed E-state index contributed by atoms with van der Waals surface area (Å²) in [6.45, 7) is 6.45. The van der Waals surface area contributed by atoms with Crippen molar-refractivity contribution in [3.05, 3.63) is 47.7 Å². The average Bonchev–Trinajstić information content (AvgIpc) is 2.94. The normalized spacial score (nSPS) is 19.0. The molecule has 1 amide bonds. The van der Waals surface area contributed by atoms with Gasteiger partial charge in [-0.1, -0.05) is 30.3 Å². The standard InChI is InChI=1S/C19H21N5O/c1-12-10-19(2,3)24(16-8-6-5-7-14(12)16)18(25)13-9-15-17(20-11-13)23(4)22-21-15/h5-9,11-12H,10H2,1-4H3/t12-/m1/s1. The molecule has 0 aliphatic carbocycles. The van der Waals surface area contributed by atoms with Gasteiger partial charge in [-0.3, -0.25) is 4.79 Å². The topological polar surface area (TPSA) is 63.9 Å². The highest BCUT2D eigenvalue weighted by Crippen LogP contribution is 2.43. The summed E-state index contributed by atoms with van der Waals surface area (Å²) in [6.07, 6.45) is 2.53. The lowest BCUT2D eigenvalue weighted by Gasteiger charge is -2.46. The molecule has 1 atom stereocenters. The molecule has 0 radical (unpaired) electrons. The molecule has 0 unspecified atom stereocenters. The van der Waals surface area contributed by atoms with Crippen molar-refractivity contribution in [2.24, 2.45) is 7.05 Å². The number of amides is 1. The maximum Gasteiger partial charge on any atom is 0.260 e. The number of hydrogen-bond donors (Lipinski definition) is 0. The lowest BCUT2D eigenvalue weighted by molar-refractivity contribution is 0.0953. The summed E-state index contributed by atoms with van der Waals surface area (Å²) in [5.74, 6) is 0.361. The lowest BCUT2D eigenvalue weighted by atomic mass is 9.80. The molecule has 0 saturated heterocycles. The summed E-state index contributed by atoms with van der Waals surface area (Å²) < 4.78 is 1.60. The molecule has 0 saturated carbocycles. The maximum atomic E-state index is 13.4. The molecule has 6 nitrogen and oxygen atoms in total. The van der Waals surface area contributed by atoms with Crippen molar-refractivity contribution in [3.63, 3.8) is 0 Å². The number of aromatic nitrogens is 4. The molecule has 6 heteroatoms. The number of fused-ring (bicyclic) bond motifs is 2. The van der Waals surface area contributed by atoms with E-state index in [1.54, 1.807) is 24.0 Å². The third-order valence-corrected chi connectivity index (χ3v) is 5.01. The second-order valence-electron chi connectivity index (χ2n) is 7.40. The van der Waals surface area contributed by atoms with E-state index in [0.29, 0.717) is 22.6 Å². The Labute approximate surface area is 146 Å². The van der Waals surface area contributed by atoms with Crippen LogP contribution in [0.3, 0.4) is 0 Å². The van der Waals surface area contributed by atoms with Crippen molar-refractivity contribution < 1.29 is 4.79 Å². The molecule has 1 aliphatic heterocycles. The summed E-state index contributed by atoms with van der Waals surface area (Å²) >= 11 is 0. The van der Waals surface area contributed by atoms with Crippen molar-refractivity contribution in [2.45, 2.75) is 38.6 Å². The molecule has 0 N–H and O–H groups in total. The number of anilines is 1. The quantitative estimate of drug-likeness (QED) is 0.684. The second-order valence-corrected chi connectivity index (χ2v) is 7.40. The van der Waals surface area contributed by atoms with Crippen molar-refractivity contribution in [3.8, 4) is 0 Å². The monoisotopic (exact) mass is 335 g/mol. The van der Waals surface area contributed by atoms with E-state index >= 15 is 0 Å². The summed E-state index contributed by atoms with van der Waals surface area (Å²) in [7, 11) is 1.79. The number of carbonyl (C=O) groups is 1. The first kappa shape index (κ1) is 15.7. The van der Waals surface area contributed by atoms with Crippen LogP contribution in [0.1, 0.15) is 49.0 Å². The van der Waals surface area contributed by atoms with E-state index in [4.69, 9.17) is 0 Å². The number of carbonyl (C=O) groups excluding carboxylic acids is 1. The number of rotatable bonds is 1. The van der Waals surface area contributed by atoms with Crippen LogP contribution < -0.4 is 4.90 Å². The van der Waals surface area contributed by atoms with Crippen LogP contribution in [0.4, 0.5) is 5.69 Å². The number of hydrogen-bond acceptors (Lipinski definition) is 4. The van der Waals surface area contributed by atoms with E-state index in [2.05, 4.69) is 42.1 Å². The van der Waals surface area contributed by atoms with Gasteiger partial charge < -0.3 is 4.90 Å². The van der Waals surface area contributed by atoms with Gasteiger partial charge in [0.05, 0.1) is 5.56 Å². The maximum absolute atomic E-state index is 13.4. The first-order valence-corrected chi connectivity index (χ1v) is 8.47. The fourth-order valence-corrected chi connectivity index (χ4v) is 3.94. The van der Waals surface area contributed by atoms with E-state index in [9.17, 15) is 4.79 Å². The van der Waals surface area contributed by atoms with Crippen LogP contribution in [0, 0.1) is 0 Å². The van der Waals surface area contributed by atoms with Crippen molar-refractivity contribution >= 4 is 22.8 Å². The zero-order valence-electron chi connectivity index (χ0n) is 14.9. The Morgan fingerprint density at radius 2 is 2.04 bits per heavy atom. The molecule has 4 rings (SSSR count). The lowest BCUT2D eigenvalue weighted by Crippen LogP contribution is -2.51. The largest absolute Gasteiger partial charge is 0.302 e. The number of aryl methyl sites for hydroxylation is 1. The predicted octanol–water partition coefficient (Wildman–Crippen LogP) is 3.30. The Morgan fingerprint density at radius 3 is 2.84 bits per heavy atom. The van der Waals surface area contributed by atoms with Gasteiger partial charge in [0.2, 0.25) is 0 Å². The molecule has 3 heterocycles. The van der Waals surface area contributed by atoms with Crippen LogP contribution in [0.2, 0.25) is 0 Å². The van der Waals surface area contributed by atoms with Crippen molar-refractivity contribution in [2.75, 3.05) is 4.90 Å². The van der Waals surface area contributed by atoms with Gasteiger partial charge in [0.25, 0.3) is 5.91 Å². The summed E-state index contributed by atoms with van der Waals surface area (Å²) in [5.41, 5.74) is 3.75. The van der Waals surface area contributed by atoms with Crippen molar-refractivity contribution in [1.29, 1.82) is 0 Å². The van der Waals surface area contributed by atoms with Gasteiger partial charge in [0, 0.05) is 24.5 Å². The highest BCUT2D eigenvalue weighted by molar-refractivity contribution is 6.08. The van der Waals surface area contributed by atoms with Gasteiger partial charge in [0.15, 0.2) is 5.65 Å². The van der Waals surface area contributed by atoms with Crippen LogP contribution in [0.5, 0.6) is 0 Å². The van der Waals surface area contributed by atoms with Crippen LogP contribution in [-0.2, 0) is 7.05 Å². The van der Waals surface area contributed by atoms with Crippen molar-refractivity contribution in [1.82, 2.24) is 20.0 Å². The second kappa shape index (κ2) is 5.37. The average molecular weight is 335 g/mol. The minimum atomic E-state index is -0.276. The number of nitrogens with zero attached hydrogens (tertiary/aromatic N) is 5. The number of para-hydroxylation sites is 1. The van der Waals surface area contributed by atoms with E-state index in [1.165, 1.54) is 5.56 Å². The zero-order chi connectivity index (χ0) is 17.8. The van der Waals surface area contributed by atoms with Gasteiger partial charge in [-0.05, 0) is 43.9 Å². The van der Waals surface area contributed by atoms with Gasteiger partial charge in [-0.15, -0.1) is 5.10 Å². The molecule has 3 aromatic rings. The minimum Gasteiger partial charge on any atom is -0.302 e. The summed E-state index contributed by atoms with van der Waals surface area (Å²) in [6, 6.07) is 9.92. The third kappa shape index (κ3) is 2.40. The fourth-order valence-electron chi connectivity index (χ4n) is 3.94. The van der Waals surface area contributed by atoms with E-state index < -0.39 is 0 Å². The van der Waals surface area contributed by atoms with Gasteiger partial charge in [-0.2, -0.15) is 0 Å². The Kier molecular flexibility index (Phi) is 3.39. The Bertz CT molecular complexity index is 975. The minimum absolute atomic E-state index is 0.0515. The van der Waals surface area contributed by atoms with Gasteiger partial charge >= 0.3 is 0 Å². The molecule has 0 bridgehead atoms. The molecule has 128 valence electrons. The molecule has 1 aliphatic rings. The molecule has 0 spiro atoms. The Hall–Kier alpha value is -2.76. The zero-order valence-corrected chi connectivity index (χ0v) is 14.9. The molecule has 2 aromatic heterocycles. The molecular weight excluding hydrogens is 314 g/mol. The first-order chi connectivity index (χ1) is 11.9. The highest BCUT2D eigenvalue weighted by Gasteiger charge is 2.40. The van der Waals surface area contributed by atoms with E-state index in [1.807, 2.05) is 23.1 Å². The summed E-state index contributed by atoms with van der Waals surface area (Å²) in [4.78, 5) is 19.6. The van der Waals surface area contributed by atoms with Crippen LogP contribution >= 0.6 is 0 Å². The van der Waals surface area contributed by atoms with E-state index in [-0.39, 0.29) is 11.4 Å². The third-order valence-electron chi connectivity index (χ3n) is 5.01. The smallest absolute Gasteiger partial charge is 0.260 e. The molecular formula is C19H21N5O. The van der Waals surface area contributed by atoms with Crippen LogP contribution in [-0.4, -0.2) is 31.4 Å². The Balaban J connectivity index is 1.83. The number of pyridine rings is 1. The molecule has 25 heavy (non-hydrogen) atoms. The van der Waals surface area contributed by atoms with E-state index in [0.717, 1.165) is 12.1 Å². The SMILES string of the molecule is C[C@@H]1CC(C)(C)N(C(=O)c2cnc3c(c2)nnn3C)c2ccccc21. The summed E-state index contributed by atoms with van der Waals surface area (Å²) in [5, 5.41) is 8.04. The fraction of sp³-hybridized carbons (Fsp3) is 0.368. The first-order valence-electron chi connectivity index (χ1n) is 8.47.